The Morgan fingerprint density at radius 3 is 2.25 bits per heavy atom. The molecule has 1 N–H and O–H groups in total. The van der Waals surface area contributed by atoms with E-state index in [2.05, 4.69) is 18.7 Å². The summed E-state index contributed by atoms with van der Waals surface area (Å²) < 4.78 is 0. The van der Waals surface area contributed by atoms with E-state index < -0.39 is 5.60 Å². The van der Waals surface area contributed by atoms with Gasteiger partial charge in [-0.25, -0.2) is 0 Å². The lowest BCUT2D eigenvalue weighted by molar-refractivity contribution is -0.0647. The van der Waals surface area contributed by atoms with Crippen molar-refractivity contribution in [1.29, 1.82) is 0 Å². The van der Waals surface area contributed by atoms with Gasteiger partial charge in [0.05, 0.1) is 5.60 Å². The third kappa shape index (κ3) is 2.46. The Balaban J connectivity index is 2.20. The van der Waals surface area contributed by atoms with E-state index in [-0.39, 0.29) is 0 Å². The first-order valence-electron chi connectivity index (χ1n) is 4.84. The van der Waals surface area contributed by atoms with Gasteiger partial charge >= 0.3 is 0 Å². The van der Waals surface area contributed by atoms with Crippen LogP contribution in [0.4, 0.5) is 0 Å². The van der Waals surface area contributed by atoms with E-state index in [1.807, 2.05) is 13.8 Å². The highest BCUT2D eigenvalue weighted by Crippen LogP contribution is 2.27. The fourth-order valence-corrected chi connectivity index (χ4v) is 1.68. The molecule has 1 saturated heterocycles. The second-order valence-corrected chi connectivity index (χ2v) is 4.96. The van der Waals surface area contributed by atoms with E-state index in [9.17, 15) is 5.11 Å². The Kier molecular flexibility index (Phi) is 2.79. The monoisotopic (exact) mass is 171 g/mol. The smallest absolute Gasteiger partial charge is 0.0644 e. The number of likely N-dealkylation sites (tertiary alicyclic amines) is 1. The summed E-state index contributed by atoms with van der Waals surface area (Å²) in [4.78, 5) is 2.41. The van der Waals surface area contributed by atoms with Crippen molar-refractivity contribution in [2.24, 2.45) is 11.8 Å². The predicted octanol–water partition coefficient (Wildman–Crippen LogP) is 1.35. The zero-order valence-electron chi connectivity index (χ0n) is 8.67. The van der Waals surface area contributed by atoms with Crippen molar-refractivity contribution in [1.82, 2.24) is 4.90 Å². The van der Waals surface area contributed by atoms with Crippen molar-refractivity contribution in [2.45, 2.75) is 33.3 Å². The molecule has 1 rings (SSSR count). The number of rotatable bonds is 3. The van der Waals surface area contributed by atoms with Gasteiger partial charge in [-0.05, 0) is 19.8 Å². The van der Waals surface area contributed by atoms with Gasteiger partial charge in [0.25, 0.3) is 0 Å². The van der Waals surface area contributed by atoms with Crippen LogP contribution in [-0.2, 0) is 0 Å². The maximum absolute atomic E-state index is 9.66. The Hall–Kier alpha value is -0.0800. The van der Waals surface area contributed by atoms with Crippen LogP contribution in [-0.4, -0.2) is 35.2 Å². The molecule has 0 aromatic heterocycles. The average Bonchev–Trinajstić information content (AvgIpc) is 1.73. The van der Waals surface area contributed by atoms with Gasteiger partial charge in [-0.3, -0.25) is 0 Å². The van der Waals surface area contributed by atoms with E-state index in [1.165, 1.54) is 6.54 Å². The van der Waals surface area contributed by atoms with Crippen molar-refractivity contribution < 1.29 is 5.11 Å². The Morgan fingerprint density at radius 1 is 1.42 bits per heavy atom. The summed E-state index contributed by atoms with van der Waals surface area (Å²) in [6, 6.07) is 0. The molecule has 1 heterocycles. The molecule has 2 heteroatoms. The van der Waals surface area contributed by atoms with Crippen LogP contribution in [0.1, 0.15) is 27.7 Å². The summed E-state index contributed by atoms with van der Waals surface area (Å²) >= 11 is 0. The van der Waals surface area contributed by atoms with Crippen molar-refractivity contribution in [3.05, 3.63) is 0 Å². The maximum Gasteiger partial charge on any atom is 0.0644 e. The third-order valence-corrected chi connectivity index (χ3v) is 2.58. The molecule has 0 saturated carbocycles. The summed E-state index contributed by atoms with van der Waals surface area (Å²) in [7, 11) is 0. The molecule has 0 unspecified atom stereocenters. The van der Waals surface area contributed by atoms with Crippen LogP contribution in [0.2, 0.25) is 0 Å². The molecule has 2 nitrogen and oxygen atoms in total. The van der Waals surface area contributed by atoms with Gasteiger partial charge in [0, 0.05) is 25.6 Å². The van der Waals surface area contributed by atoms with Crippen LogP contribution in [0.25, 0.3) is 0 Å². The second kappa shape index (κ2) is 3.35. The van der Waals surface area contributed by atoms with E-state index in [1.54, 1.807) is 0 Å². The number of hydrogen-bond donors (Lipinski definition) is 1. The molecule has 0 bridgehead atoms. The average molecular weight is 171 g/mol. The number of nitrogens with zero attached hydrogens (tertiary/aromatic N) is 1. The van der Waals surface area contributed by atoms with E-state index >= 15 is 0 Å². The molecule has 1 fully saturated rings. The maximum atomic E-state index is 9.66. The van der Waals surface area contributed by atoms with Gasteiger partial charge in [0.1, 0.15) is 0 Å². The van der Waals surface area contributed by atoms with Crippen LogP contribution in [0.5, 0.6) is 0 Å². The fourth-order valence-electron chi connectivity index (χ4n) is 1.68. The summed E-state index contributed by atoms with van der Waals surface area (Å²) in [5.74, 6) is 1.23. The lowest BCUT2D eigenvalue weighted by atomic mass is 9.84. The summed E-state index contributed by atoms with van der Waals surface area (Å²) in [5, 5.41) is 9.66. The minimum Gasteiger partial charge on any atom is -0.390 e. The second-order valence-electron chi connectivity index (χ2n) is 4.96. The molecule has 0 atom stereocenters. The Labute approximate surface area is 75.6 Å². The first-order chi connectivity index (χ1) is 5.39. The van der Waals surface area contributed by atoms with Crippen molar-refractivity contribution in [3.8, 4) is 0 Å². The largest absolute Gasteiger partial charge is 0.390 e. The third-order valence-electron chi connectivity index (χ3n) is 2.58. The molecule has 1 aliphatic heterocycles. The molecule has 0 amide bonds. The lowest BCUT2D eigenvalue weighted by Crippen LogP contribution is -2.56. The Morgan fingerprint density at radius 2 is 1.92 bits per heavy atom. The summed E-state index contributed by atoms with van der Waals surface area (Å²) in [6.07, 6.45) is 0. The van der Waals surface area contributed by atoms with Gasteiger partial charge in [0.15, 0.2) is 0 Å². The van der Waals surface area contributed by atoms with Crippen LogP contribution in [0.3, 0.4) is 0 Å². The van der Waals surface area contributed by atoms with Crippen molar-refractivity contribution >= 4 is 0 Å². The normalized spacial score (nSPS) is 21.5. The van der Waals surface area contributed by atoms with Crippen LogP contribution < -0.4 is 0 Å². The summed E-state index contributed by atoms with van der Waals surface area (Å²) in [6.45, 7) is 11.6. The molecule has 0 aromatic rings. The van der Waals surface area contributed by atoms with Crippen LogP contribution >= 0.6 is 0 Å². The minimum atomic E-state index is -0.479. The zero-order chi connectivity index (χ0) is 9.35. The van der Waals surface area contributed by atoms with Gasteiger partial charge < -0.3 is 10.0 Å². The molecule has 72 valence electrons. The van der Waals surface area contributed by atoms with Crippen molar-refractivity contribution in [3.63, 3.8) is 0 Å². The SMILES string of the molecule is CC(C)CN1CC(C(C)(C)O)C1. The van der Waals surface area contributed by atoms with Crippen LogP contribution in [0, 0.1) is 11.8 Å². The first kappa shape index (κ1) is 10.0. The zero-order valence-corrected chi connectivity index (χ0v) is 8.67. The van der Waals surface area contributed by atoms with Crippen LogP contribution in [0.15, 0.2) is 0 Å². The van der Waals surface area contributed by atoms with E-state index in [0.29, 0.717) is 5.92 Å². The molecular weight excluding hydrogens is 150 g/mol. The first-order valence-corrected chi connectivity index (χ1v) is 4.84. The summed E-state index contributed by atoms with van der Waals surface area (Å²) in [5.41, 5.74) is -0.479. The predicted molar refractivity (Wildman–Crippen MR) is 51.1 cm³/mol. The molecular formula is C10H21NO. The van der Waals surface area contributed by atoms with Gasteiger partial charge in [0.2, 0.25) is 0 Å². The highest BCUT2D eigenvalue weighted by atomic mass is 16.3. The van der Waals surface area contributed by atoms with E-state index in [0.717, 1.165) is 19.0 Å². The molecule has 0 aromatic carbocycles. The van der Waals surface area contributed by atoms with E-state index in [4.69, 9.17) is 0 Å². The highest BCUT2D eigenvalue weighted by molar-refractivity contribution is 4.90. The minimum absolute atomic E-state index is 0.479. The standard InChI is InChI=1S/C10H21NO/c1-8(2)5-11-6-9(7-11)10(3,4)12/h8-9,12H,5-7H2,1-4H3. The van der Waals surface area contributed by atoms with Crippen molar-refractivity contribution in [2.75, 3.05) is 19.6 Å². The Bertz CT molecular complexity index is 142. The molecule has 0 radical (unpaired) electrons. The lowest BCUT2D eigenvalue weighted by Gasteiger charge is -2.46. The molecule has 0 spiro atoms. The van der Waals surface area contributed by atoms with Gasteiger partial charge in [-0.15, -0.1) is 0 Å². The molecule has 12 heavy (non-hydrogen) atoms. The number of hydrogen-bond acceptors (Lipinski definition) is 2. The number of aliphatic hydroxyl groups is 1. The highest BCUT2D eigenvalue weighted by Gasteiger charge is 2.37. The molecule has 1 aliphatic rings. The van der Waals surface area contributed by atoms with Gasteiger partial charge in [-0.1, -0.05) is 13.8 Å². The quantitative estimate of drug-likeness (QED) is 0.693. The molecule has 0 aliphatic carbocycles. The van der Waals surface area contributed by atoms with Gasteiger partial charge in [-0.2, -0.15) is 0 Å². The topological polar surface area (TPSA) is 23.5 Å². The fraction of sp³-hybridized carbons (Fsp3) is 1.00.